The molecule has 0 saturated carbocycles. The van der Waals surface area contributed by atoms with Crippen molar-refractivity contribution < 1.29 is 9.53 Å². The number of hydrogen-bond acceptors (Lipinski definition) is 2. The van der Waals surface area contributed by atoms with E-state index in [9.17, 15) is 4.79 Å². The molecule has 1 aromatic carbocycles. The topological polar surface area (TPSA) is 31.2 Å². The highest BCUT2D eigenvalue weighted by atomic mass is 79.9. The van der Waals surface area contributed by atoms with E-state index in [1.54, 1.807) is 12.3 Å². The minimum Gasteiger partial charge on any atom is -0.443 e. The summed E-state index contributed by atoms with van der Waals surface area (Å²) in [5.74, 6) is 0. The van der Waals surface area contributed by atoms with Gasteiger partial charge < -0.3 is 4.74 Å². The Balaban J connectivity index is 2.46. The van der Waals surface area contributed by atoms with Crippen LogP contribution >= 0.6 is 27.5 Å². The molecule has 0 bridgehead atoms. The smallest absolute Gasteiger partial charge is 0.418 e. The van der Waals surface area contributed by atoms with Crippen LogP contribution in [0.15, 0.2) is 24.4 Å². The number of aromatic nitrogens is 1. The molecular formula is C14H15BrClNO2. The summed E-state index contributed by atoms with van der Waals surface area (Å²) in [4.78, 5) is 12.1. The highest BCUT2D eigenvalue weighted by Gasteiger charge is 2.19. The summed E-state index contributed by atoms with van der Waals surface area (Å²) in [6.07, 6.45) is 1.30. The van der Waals surface area contributed by atoms with Crippen LogP contribution in [0.2, 0.25) is 5.02 Å². The predicted octanol–water partition coefficient (Wildman–Crippen LogP) is 4.97. The van der Waals surface area contributed by atoms with E-state index in [1.807, 2.05) is 32.9 Å². The fraction of sp³-hybridized carbons (Fsp3) is 0.357. The molecule has 0 aliphatic carbocycles. The number of alkyl halides is 1. The van der Waals surface area contributed by atoms with Crippen molar-refractivity contribution in [2.75, 3.05) is 0 Å². The fourth-order valence-corrected chi connectivity index (χ4v) is 2.63. The van der Waals surface area contributed by atoms with Gasteiger partial charge in [0.05, 0.1) is 5.52 Å². The van der Waals surface area contributed by atoms with Gasteiger partial charge in [0, 0.05) is 21.9 Å². The molecule has 2 aromatic rings. The first-order valence-electron chi connectivity index (χ1n) is 5.90. The lowest BCUT2D eigenvalue weighted by atomic mass is 10.2. The van der Waals surface area contributed by atoms with E-state index in [2.05, 4.69) is 15.9 Å². The van der Waals surface area contributed by atoms with E-state index in [-0.39, 0.29) is 0 Å². The first-order valence-corrected chi connectivity index (χ1v) is 7.40. The predicted molar refractivity (Wildman–Crippen MR) is 81.2 cm³/mol. The molecule has 0 unspecified atom stereocenters. The largest absolute Gasteiger partial charge is 0.443 e. The molecule has 0 aliphatic rings. The molecule has 5 heteroatoms. The number of carbonyl (C=O) groups excluding carboxylic acids is 1. The average molecular weight is 345 g/mol. The van der Waals surface area contributed by atoms with Crippen molar-refractivity contribution in [3.05, 3.63) is 35.0 Å². The van der Waals surface area contributed by atoms with Crippen molar-refractivity contribution in [3.63, 3.8) is 0 Å². The summed E-state index contributed by atoms with van der Waals surface area (Å²) in [6.45, 7) is 5.52. The van der Waals surface area contributed by atoms with Crippen LogP contribution in [0.4, 0.5) is 4.79 Å². The average Bonchev–Trinajstić information content (AvgIpc) is 2.68. The molecule has 0 saturated heterocycles. The van der Waals surface area contributed by atoms with Gasteiger partial charge in [-0.1, -0.05) is 27.5 Å². The second-order valence-corrected chi connectivity index (χ2v) is 6.27. The molecule has 0 N–H and O–H groups in total. The van der Waals surface area contributed by atoms with Crippen molar-refractivity contribution >= 4 is 44.5 Å². The maximum absolute atomic E-state index is 12.1. The monoisotopic (exact) mass is 343 g/mol. The summed E-state index contributed by atoms with van der Waals surface area (Å²) in [7, 11) is 0. The summed E-state index contributed by atoms with van der Waals surface area (Å²) >= 11 is 9.56. The SMILES string of the molecule is CC(C)(C)OC(=O)n1ccc2cc(CBr)c(Cl)cc21. The number of hydrogen-bond donors (Lipinski definition) is 0. The number of fused-ring (bicyclic) bond motifs is 1. The molecule has 1 aromatic heterocycles. The van der Waals surface area contributed by atoms with E-state index in [1.165, 1.54) is 4.57 Å². The van der Waals surface area contributed by atoms with Crippen molar-refractivity contribution in [1.82, 2.24) is 4.57 Å². The minimum absolute atomic E-state index is 0.398. The number of nitrogens with zero attached hydrogens (tertiary/aromatic N) is 1. The Morgan fingerprint density at radius 3 is 2.68 bits per heavy atom. The Morgan fingerprint density at radius 2 is 2.11 bits per heavy atom. The van der Waals surface area contributed by atoms with Crippen LogP contribution < -0.4 is 0 Å². The van der Waals surface area contributed by atoms with Gasteiger partial charge in [-0.05, 0) is 44.5 Å². The molecule has 0 amide bonds. The first kappa shape index (κ1) is 14.4. The standard InChI is InChI=1S/C14H15BrClNO2/c1-14(2,3)19-13(18)17-5-4-9-6-10(8-15)11(16)7-12(9)17/h4-7H,8H2,1-3H3. The maximum Gasteiger partial charge on any atom is 0.418 e. The highest BCUT2D eigenvalue weighted by molar-refractivity contribution is 9.08. The summed E-state index contributed by atoms with van der Waals surface area (Å²) in [5.41, 5.74) is 1.23. The second kappa shape index (κ2) is 5.17. The van der Waals surface area contributed by atoms with Gasteiger partial charge in [0.1, 0.15) is 5.60 Å². The number of halogens is 2. The normalized spacial score (nSPS) is 11.8. The van der Waals surface area contributed by atoms with E-state index in [0.29, 0.717) is 10.4 Å². The Kier molecular flexibility index (Phi) is 3.92. The highest BCUT2D eigenvalue weighted by Crippen LogP contribution is 2.27. The zero-order valence-electron chi connectivity index (χ0n) is 11.0. The second-order valence-electron chi connectivity index (χ2n) is 5.30. The molecule has 102 valence electrons. The maximum atomic E-state index is 12.1. The molecular weight excluding hydrogens is 330 g/mol. The molecule has 3 nitrogen and oxygen atoms in total. The lowest BCUT2D eigenvalue weighted by Gasteiger charge is -2.19. The van der Waals surface area contributed by atoms with Gasteiger partial charge >= 0.3 is 6.09 Å². The van der Waals surface area contributed by atoms with Crippen molar-refractivity contribution in [3.8, 4) is 0 Å². The lowest BCUT2D eigenvalue weighted by Crippen LogP contribution is -2.26. The van der Waals surface area contributed by atoms with E-state index >= 15 is 0 Å². The van der Waals surface area contributed by atoms with Crippen LogP contribution in [0.1, 0.15) is 26.3 Å². The van der Waals surface area contributed by atoms with Gasteiger partial charge in [-0.25, -0.2) is 4.79 Å². The minimum atomic E-state index is -0.521. The van der Waals surface area contributed by atoms with Crippen molar-refractivity contribution in [2.24, 2.45) is 0 Å². The summed E-state index contributed by atoms with van der Waals surface area (Å²) in [5, 5.41) is 2.27. The van der Waals surface area contributed by atoms with Crippen molar-refractivity contribution in [2.45, 2.75) is 31.7 Å². The molecule has 19 heavy (non-hydrogen) atoms. The molecule has 0 radical (unpaired) electrons. The molecule has 0 fully saturated rings. The van der Waals surface area contributed by atoms with Gasteiger partial charge in [-0.3, -0.25) is 4.57 Å². The van der Waals surface area contributed by atoms with Crippen LogP contribution in [0.25, 0.3) is 10.9 Å². The number of benzene rings is 1. The fourth-order valence-electron chi connectivity index (χ4n) is 1.78. The van der Waals surface area contributed by atoms with E-state index in [4.69, 9.17) is 16.3 Å². The Hall–Kier alpha value is -1.000. The molecule has 0 atom stereocenters. The molecule has 1 heterocycles. The van der Waals surface area contributed by atoms with Crippen LogP contribution in [0.5, 0.6) is 0 Å². The third kappa shape index (κ3) is 3.12. The Labute approximate surface area is 125 Å². The van der Waals surface area contributed by atoms with Gasteiger partial charge in [-0.15, -0.1) is 0 Å². The van der Waals surface area contributed by atoms with Crippen LogP contribution in [-0.2, 0) is 10.1 Å². The molecule has 0 spiro atoms. The quantitative estimate of drug-likeness (QED) is 0.684. The third-order valence-corrected chi connectivity index (χ3v) is 3.55. The van der Waals surface area contributed by atoms with Crippen molar-refractivity contribution in [1.29, 1.82) is 0 Å². The zero-order chi connectivity index (χ0) is 14.2. The summed E-state index contributed by atoms with van der Waals surface area (Å²) in [6, 6.07) is 5.63. The Bertz CT molecular complexity index is 628. The zero-order valence-corrected chi connectivity index (χ0v) is 13.4. The van der Waals surface area contributed by atoms with Crippen LogP contribution in [0.3, 0.4) is 0 Å². The third-order valence-electron chi connectivity index (χ3n) is 2.59. The van der Waals surface area contributed by atoms with Crippen LogP contribution in [-0.4, -0.2) is 16.3 Å². The summed E-state index contributed by atoms with van der Waals surface area (Å²) < 4.78 is 6.83. The van der Waals surface area contributed by atoms with Gasteiger partial charge in [0.2, 0.25) is 0 Å². The molecule has 0 aliphatic heterocycles. The number of carbonyl (C=O) groups is 1. The van der Waals surface area contributed by atoms with Gasteiger partial charge in [-0.2, -0.15) is 0 Å². The number of ether oxygens (including phenoxy) is 1. The first-order chi connectivity index (χ1) is 8.81. The van der Waals surface area contributed by atoms with E-state index < -0.39 is 11.7 Å². The molecule has 2 rings (SSSR count). The number of rotatable bonds is 1. The van der Waals surface area contributed by atoms with Crippen LogP contribution in [0, 0.1) is 0 Å². The van der Waals surface area contributed by atoms with E-state index in [0.717, 1.165) is 16.5 Å². The Morgan fingerprint density at radius 1 is 1.42 bits per heavy atom. The lowest BCUT2D eigenvalue weighted by molar-refractivity contribution is 0.0544. The van der Waals surface area contributed by atoms with Gasteiger partial charge in [0.15, 0.2) is 0 Å². The van der Waals surface area contributed by atoms with Gasteiger partial charge in [0.25, 0.3) is 0 Å².